The van der Waals surface area contributed by atoms with Crippen molar-refractivity contribution in [2.75, 3.05) is 25.0 Å². The van der Waals surface area contributed by atoms with Crippen LogP contribution >= 0.6 is 11.6 Å². The minimum absolute atomic E-state index is 0.0839. The summed E-state index contributed by atoms with van der Waals surface area (Å²) in [5.41, 5.74) is 6.48. The number of aromatic amines is 1. The maximum atomic E-state index is 14.2. The number of pyridine rings is 1. The number of ether oxygens (including phenoxy) is 1. The molecule has 3 aromatic carbocycles. The lowest BCUT2D eigenvalue weighted by atomic mass is 9.93. The second-order valence-electron chi connectivity index (χ2n) is 13.9. The minimum Gasteiger partial charge on any atom is -0.473 e. The molecule has 2 aliphatic heterocycles. The number of benzene rings is 3. The molecule has 1 radical (unpaired) electrons. The minimum atomic E-state index is -0.917. The molecule has 1 amide bonds. The summed E-state index contributed by atoms with van der Waals surface area (Å²) in [5, 5.41) is 12.0. The summed E-state index contributed by atoms with van der Waals surface area (Å²) in [6, 6.07) is 23.1. The summed E-state index contributed by atoms with van der Waals surface area (Å²) >= 11 is 5.89. The molecule has 2 N–H and O–H groups in total. The zero-order valence-corrected chi connectivity index (χ0v) is 30.9. The van der Waals surface area contributed by atoms with Crippen LogP contribution in [0.15, 0.2) is 72.8 Å². The number of nitrogens with one attached hydrogen (secondary N) is 2. The highest BCUT2D eigenvalue weighted by Gasteiger charge is 2.28. The van der Waals surface area contributed by atoms with Crippen molar-refractivity contribution in [2.24, 2.45) is 0 Å². The quantitative estimate of drug-likeness (QED) is 0.130. The predicted molar refractivity (Wildman–Crippen MR) is 202 cm³/mol. The van der Waals surface area contributed by atoms with Crippen LogP contribution in [0.4, 0.5) is 10.1 Å². The van der Waals surface area contributed by atoms with E-state index in [4.69, 9.17) is 30.7 Å². The molecular formula is C39H40ClFN7O3Si. The Morgan fingerprint density at radius 1 is 1.08 bits per heavy atom. The van der Waals surface area contributed by atoms with Gasteiger partial charge in [-0.2, -0.15) is 5.10 Å². The van der Waals surface area contributed by atoms with Gasteiger partial charge in [-0.1, -0.05) is 37.6 Å². The first kappa shape index (κ1) is 34.5. The smallest absolute Gasteiger partial charge is 0.255 e. The van der Waals surface area contributed by atoms with E-state index in [9.17, 15) is 9.18 Å². The van der Waals surface area contributed by atoms with Crippen LogP contribution in [0.5, 0.6) is 5.88 Å². The van der Waals surface area contributed by atoms with Crippen molar-refractivity contribution in [2.45, 2.75) is 63.9 Å². The highest BCUT2D eigenvalue weighted by Crippen LogP contribution is 2.31. The Kier molecular flexibility index (Phi) is 9.80. The summed E-state index contributed by atoms with van der Waals surface area (Å²) < 4.78 is 28.3. The normalized spacial score (nSPS) is 15.8. The molecule has 0 unspecified atom stereocenters. The van der Waals surface area contributed by atoms with Gasteiger partial charge in [-0.25, -0.2) is 14.4 Å². The number of hydrogen-bond donors (Lipinski definition) is 2. The SMILES string of the molecule is CC(C)c1[nH]nc2ccc(NC(=O)c3ccc4c(c3)nc(CN3CCC(c5cccc(OCc6ccc(Cl)cc6F)n5)CC3)n4C[Si]3CCO3)cc12. The molecule has 2 saturated heterocycles. The van der Waals surface area contributed by atoms with E-state index in [-0.39, 0.29) is 18.4 Å². The summed E-state index contributed by atoms with van der Waals surface area (Å²) in [5.74, 6) is 1.49. The molecule has 0 atom stereocenters. The van der Waals surface area contributed by atoms with Crippen LogP contribution in [-0.4, -0.2) is 64.3 Å². The van der Waals surface area contributed by atoms with Crippen molar-refractivity contribution in [3.8, 4) is 5.88 Å². The van der Waals surface area contributed by atoms with Crippen LogP contribution in [0.25, 0.3) is 21.9 Å². The molecule has 2 aliphatic rings. The molecule has 0 spiro atoms. The first-order valence-corrected chi connectivity index (χ1v) is 20.0. The third kappa shape index (κ3) is 7.33. The highest BCUT2D eigenvalue weighted by atomic mass is 35.5. The molecule has 0 bridgehead atoms. The van der Waals surface area contributed by atoms with E-state index < -0.39 is 14.9 Å². The maximum Gasteiger partial charge on any atom is 0.255 e. The predicted octanol–water partition coefficient (Wildman–Crippen LogP) is 8.00. The number of anilines is 1. The summed E-state index contributed by atoms with van der Waals surface area (Å²) in [6.45, 7) is 7.66. The van der Waals surface area contributed by atoms with Gasteiger partial charge in [0.1, 0.15) is 18.2 Å². The van der Waals surface area contributed by atoms with Crippen LogP contribution in [0.1, 0.15) is 71.7 Å². The van der Waals surface area contributed by atoms with Crippen LogP contribution in [0, 0.1) is 5.82 Å². The second kappa shape index (κ2) is 14.8. The van der Waals surface area contributed by atoms with Crippen LogP contribution in [-0.2, 0) is 23.7 Å². The molecule has 3 aromatic heterocycles. The van der Waals surface area contributed by atoms with Gasteiger partial charge in [-0.15, -0.1) is 0 Å². The van der Waals surface area contributed by atoms with E-state index in [0.29, 0.717) is 34.5 Å². The number of aromatic nitrogens is 5. The molecule has 2 fully saturated rings. The van der Waals surface area contributed by atoms with Crippen molar-refractivity contribution < 1.29 is 18.3 Å². The molecule has 0 saturated carbocycles. The number of halogens is 2. The van der Waals surface area contributed by atoms with Crippen molar-refractivity contribution >= 4 is 54.2 Å². The maximum absolute atomic E-state index is 14.2. The fourth-order valence-electron chi connectivity index (χ4n) is 7.03. The van der Waals surface area contributed by atoms with Gasteiger partial charge in [0.15, 0.2) is 0 Å². The monoisotopic (exact) mass is 736 g/mol. The number of likely N-dealkylation sites (tertiary alicyclic amines) is 1. The number of carbonyl (C=O) groups excluding carboxylic acids is 1. The first-order chi connectivity index (χ1) is 25.3. The zero-order valence-electron chi connectivity index (χ0n) is 29.2. The van der Waals surface area contributed by atoms with E-state index in [1.54, 1.807) is 12.1 Å². The van der Waals surface area contributed by atoms with Crippen molar-refractivity contribution in [3.05, 3.63) is 112 Å². The standard InChI is InChI=1S/C39H40ClFN7O3Si/c1-24(2)38-30-20-29(9-10-33(30)45-46-38)42-39(49)26-7-11-35-34(18-26)43-36(48(35)23-52-17-16-51-52)21-47-14-12-25(13-15-47)32-4-3-5-37(44-32)50-22-27-6-8-28(40)19-31(27)41/h3-11,18-20,24-25H,12-17,21-23H2,1-2H3,(H,42,49)(H,45,46). The van der Waals surface area contributed by atoms with E-state index in [2.05, 4.69) is 38.8 Å². The van der Waals surface area contributed by atoms with Gasteiger partial charge in [0, 0.05) is 63.4 Å². The fraction of sp³-hybridized carbons (Fsp3) is 0.333. The average molecular weight is 737 g/mol. The van der Waals surface area contributed by atoms with Crippen LogP contribution in [0.2, 0.25) is 11.1 Å². The highest BCUT2D eigenvalue weighted by molar-refractivity contribution is 6.53. The molecule has 10 nitrogen and oxygen atoms in total. The lowest BCUT2D eigenvalue weighted by Gasteiger charge is -2.32. The van der Waals surface area contributed by atoms with Crippen molar-refractivity contribution in [3.63, 3.8) is 0 Å². The number of nitrogens with zero attached hydrogens (tertiary/aromatic N) is 5. The number of piperidine rings is 1. The fourth-order valence-corrected chi connectivity index (χ4v) is 8.64. The lowest BCUT2D eigenvalue weighted by molar-refractivity contribution is 0.102. The van der Waals surface area contributed by atoms with Gasteiger partial charge in [-0.3, -0.25) is 14.8 Å². The molecule has 0 aliphatic carbocycles. The first-order valence-electron chi connectivity index (χ1n) is 17.8. The number of H-pyrrole nitrogens is 1. The van der Waals surface area contributed by atoms with Gasteiger partial charge in [-0.05, 0) is 92.5 Å². The third-order valence-electron chi connectivity index (χ3n) is 10.0. The van der Waals surface area contributed by atoms with Crippen LogP contribution < -0.4 is 10.1 Å². The van der Waals surface area contributed by atoms with Gasteiger partial charge in [0.25, 0.3) is 5.91 Å². The largest absolute Gasteiger partial charge is 0.473 e. The Balaban J connectivity index is 0.941. The Bertz CT molecular complexity index is 2250. The number of rotatable bonds is 11. The van der Waals surface area contributed by atoms with Gasteiger partial charge >= 0.3 is 0 Å². The Morgan fingerprint density at radius 3 is 2.69 bits per heavy atom. The van der Waals surface area contributed by atoms with Crippen molar-refractivity contribution in [1.82, 2.24) is 29.6 Å². The van der Waals surface area contributed by atoms with E-state index in [1.807, 2.05) is 54.6 Å². The van der Waals surface area contributed by atoms with Gasteiger partial charge in [0.2, 0.25) is 14.9 Å². The molecule has 13 heteroatoms. The average Bonchev–Trinajstić information content (AvgIpc) is 3.70. The summed E-state index contributed by atoms with van der Waals surface area (Å²) in [4.78, 5) is 25.8. The van der Waals surface area contributed by atoms with E-state index in [1.165, 1.54) is 6.07 Å². The number of fused-ring (bicyclic) bond motifs is 2. The topological polar surface area (TPSA) is 110 Å². The Morgan fingerprint density at radius 2 is 1.92 bits per heavy atom. The number of carbonyl (C=O) groups is 1. The van der Waals surface area contributed by atoms with Crippen molar-refractivity contribution in [1.29, 1.82) is 0 Å². The van der Waals surface area contributed by atoms with Gasteiger partial charge in [0.05, 0.1) is 23.1 Å². The molecule has 267 valence electrons. The summed E-state index contributed by atoms with van der Waals surface area (Å²) in [7, 11) is -0.917. The molecule has 8 rings (SSSR count). The number of hydrogen-bond acceptors (Lipinski definition) is 7. The summed E-state index contributed by atoms with van der Waals surface area (Å²) in [6.07, 6.45) is 2.74. The zero-order chi connectivity index (χ0) is 35.8. The van der Waals surface area contributed by atoms with Gasteiger partial charge < -0.3 is 19.0 Å². The molecule has 52 heavy (non-hydrogen) atoms. The Hall–Kier alpha value is -4.62. The molecule has 5 heterocycles. The number of imidazole rings is 1. The third-order valence-corrected chi connectivity index (χ3v) is 12.3. The number of amides is 1. The lowest BCUT2D eigenvalue weighted by Crippen LogP contribution is -2.37. The molecular weight excluding hydrogens is 697 g/mol. The van der Waals surface area contributed by atoms with E-state index in [0.717, 1.165) is 89.6 Å². The van der Waals surface area contributed by atoms with E-state index >= 15 is 0 Å². The van der Waals surface area contributed by atoms with Crippen LogP contribution in [0.3, 0.4) is 0 Å². The Labute approximate surface area is 308 Å². The second-order valence-corrected chi connectivity index (χ2v) is 16.5. The molecule has 6 aromatic rings.